The average molecular weight is 198 g/mol. The summed E-state index contributed by atoms with van der Waals surface area (Å²) in [5, 5.41) is 0. The van der Waals surface area contributed by atoms with E-state index in [4.69, 9.17) is 9.47 Å². The van der Waals surface area contributed by atoms with Gasteiger partial charge in [0.05, 0.1) is 7.11 Å². The Morgan fingerprint density at radius 2 is 2.29 bits per heavy atom. The Morgan fingerprint density at radius 1 is 1.57 bits per heavy atom. The molecule has 14 heavy (non-hydrogen) atoms. The van der Waals surface area contributed by atoms with E-state index in [1.807, 2.05) is 6.92 Å². The van der Waals surface area contributed by atoms with Crippen LogP contribution in [0.1, 0.15) is 39.5 Å². The van der Waals surface area contributed by atoms with Gasteiger partial charge in [-0.2, -0.15) is 0 Å². The quantitative estimate of drug-likeness (QED) is 0.477. The predicted molar refractivity (Wildman–Crippen MR) is 51.9 cm³/mol. The summed E-state index contributed by atoms with van der Waals surface area (Å²) in [5.41, 5.74) is -0.853. The lowest BCUT2D eigenvalue weighted by Gasteiger charge is -2.25. The van der Waals surface area contributed by atoms with Crippen LogP contribution in [0.4, 0.5) is 0 Å². The van der Waals surface area contributed by atoms with Crippen LogP contribution < -0.4 is 0 Å². The van der Waals surface area contributed by atoms with Crippen molar-refractivity contribution in [2.24, 2.45) is 5.92 Å². The molecule has 80 valence electrons. The minimum atomic E-state index is -0.656. The number of hydrogen-bond acceptors (Lipinski definition) is 3. The molecular formula is C11H18O3. The molecule has 1 saturated heterocycles. The van der Waals surface area contributed by atoms with Crippen LogP contribution in [0.5, 0.6) is 0 Å². The molecule has 0 N–H and O–H groups in total. The van der Waals surface area contributed by atoms with Gasteiger partial charge < -0.3 is 9.47 Å². The largest absolute Gasteiger partial charge is 0.467 e. The van der Waals surface area contributed by atoms with Crippen LogP contribution >= 0.6 is 0 Å². The maximum absolute atomic E-state index is 11.5. The molecule has 3 heteroatoms. The van der Waals surface area contributed by atoms with Crippen LogP contribution in [0.25, 0.3) is 0 Å². The van der Waals surface area contributed by atoms with E-state index in [1.165, 1.54) is 13.5 Å². The highest BCUT2D eigenvalue weighted by atomic mass is 16.7. The van der Waals surface area contributed by atoms with Crippen molar-refractivity contribution in [3.63, 3.8) is 0 Å². The molecule has 0 radical (unpaired) electrons. The lowest BCUT2D eigenvalue weighted by Crippen LogP contribution is -2.35. The molecule has 0 amide bonds. The van der Waals surface area contributed by atoms with Crippen molar-refractivity contribution in [1.82, 2.24) is 0 Å². The molecule has 1 saturated carbocycles. The smallest absolute Gasteiger partial charge is 0.340 e. The Hall–Kier alpha value is -0.570. The second-order valence-electron chi connectivity index (χ2n) is 4.82. The highest BCUT2D eigenvalue weighted by Crippen LogP contribution is 2.57. The summed E-state index contributed by atoms with van der Waals surface area (Å²) < 4.78 is 10.5. The van der Waals surface area contributed by atoms with Crippen LogP contribution in [0.2, 0.25) is 0 Å². The van der Waals surface area contributed by atoms with Crippen LogP contribution in [0.3, 0.4) is 0 Å². The maximum atomic E-state index is 11.5. The third kappa shape index (κ3) is 1.18. The first-order valence-electron chi connectivity index (χ1n) is 5.33. The minimum absolute atomic E-state index is 0.197. The number of rotatable bonds is 1. The summed E-state index contributed by atoms with van der Waals surface area (Å²) in [4.78, 5) is 11.5. The Bertz CT molecular complexity index is 263. The molecule has 1 aliphatic heterocycles. The Morgan fingerprint density at radius 3 is 2.86 bits per heavy atom. The van der Waals surface area contributed by atoms with Crippen molar-refractivity contribution in [3.8, 4) is 0 Å². The zero-order chi connectivity index (χ0) is 10.4. The molecule has 3 unspecified atom stereocenters. The third-order valence-corrected chi connectivity index (χ3v) is 3.76. The van der Waals surface area contributed by atoms with Crippen molar-refractivity contribution < 1.29 is 14.3 Å². The fourth-order valence-electron chi connectivity index (χ4n) is 2.82. The molecule has 3 nitrogen and oxygen atoms in total. The summed E-state index contributed by atoms with van der Waals surface area (Å²) >= 11 is 0. The van der Waals surface area contributed by atoms with E-state index in [1.54, 1.807) is 0 Å². The molecule has 1 spiro atoms. The van der Waals surface area contributed by atoms with Gasteiger partial charge in [-0.25, -0.2) is 4.79 Å². The Kier molecular flexibility index (Phi) is 2.11. The van der Waals surface area contributed by atoms with Gasteiger partial charge in [0.15, 0.2) is 5.60 Å². The summed E-state index contributed by atoms with van der Waals surface area (Å²) in [6.45, 7) is 4.08. The molecule has 1 aliphatic carbocycles. The van der Waals surface area contributed by atoms with E-state index in [0.29, 0.717) is 5.92 Å². The molecular weight excluding hydrogens is 180 g/mol. The van der Waals surface area contributed by atoms with E-state index < -0.39 is 5.60 Å². The fraction of sp³-hybridized carbons (Fsp3) is 0.909. The van der Waals surface area contributed by atoms with E-state index in [9.17, 15) is 4.79 Å². The molecule has 0 aromatic heterocycles. The molecule has 0 bridgehead atoms. The number of methoxy groups -OCH3 is 1. The number of ether oxygens (including phenoxy) is 2. The van der Waals surface area contributed by atoms with Crippen molar-refractivity contribution in [3.05, 3.63) is 0 Å². The number of hydrogen-bond donors (Lipinski definition) is 0. The highest BCUT2D eigenvalue weighted by Gasteiger charge is 2.72. The summed E-state index contributed by atoms with van der Waals surface area (Å²) in [7, 11) is 1.43. The lowest BCUT2D eigenvalue weighted by atomic mass is 9.76. The lowest BCUT2D eigenvalue weighted by molar-refractivity contribution is -0.146. The first-order chi connectivity index (χ1) is 6.54. The zero-order valence-corrected chi connectivity index (χ0v) is 9.13. The molecule has 1 heterocycles. The van der Waals surface area contributed by atoms with Gasteiger partial charge >= 0.3 is 5.97 Å². The topological polar surface area (TPSA) is 38.8 Å². The van der Waals surface area contributed by atoms with E-state index in [-0.39, 0.29) is 11.6 Å². The summed E-state index contributed by atoms with van der Waals surface area (Å²) in [5.74, 6) is 0.446. The van der Waals surface area contributed by atoms with Crippen LogP contribution in [-0.2, 0) is 14.3 Å². The fourth-order valence-corrected chi connectivity index (χ4v) is 2.82. The summed E-state index contributed by atoms with van der Waals surface area (Å²) in [6, 6.07) is 0. The first kappa shape index (κ1) is 9.97. The van der Waals surface area contributed by atoms with Gasteiger partial charge in [0.2, 0.25) is 0 Å². The average Bonchev–Trinajstić information content (AvgIpc) is 2.70. The van der Waals surface area contributed by atoms with Crippen molar-refractivity contribution in [2.75, 3.05) is 7.11 Å². The normalized spacial score (nSPS) is 46.4. The third-order valence-electron chi connectivity index (χ3n) is 3.76. The van der Waals surface area contributed by atoms with E-state index >= 15 is 0 Å². The second-order valence-corrected chi connectivity index (χ2v) is 4.82. The predicted octanol–water partition coefficient (Wildman–Crippen LogP) is 1.90. The Labute approximate surface area is 84.8 Å². The highest BCUT2D eigenvalue weighted by molar-refractivity contribution is 5.84. The zero-order valence-electron chi connectivity index (χ0n) is 9.13. The van der Waals surface area contributed by atoms with Crippen molar-refractivity contribution >= 4 is 5.97 Å². The van der Waals surface area contributed by atoms with E-state index in [0.717, 1.165) is 19.3 Å². The number of carbonyl (C=O) groups is 1. The second kappa shape index (κ2) is 2.96. The number of esters is 1. The van der Waals surface area contributed by atoms with E-state index in [2.05, 4.69) is 6.92 Å². The molecule has 2 aliphatic rings. The first-order valence-corrected chi connectivity index (χ1v) is 5.33. The number of carbonyl (C=O) groups excluding carboxylic acids is 1. The monoisotopic (exact) mass is 198 g/mol. The molecule has 2 fully saturated rings. The van der Waals surface area contributed by atoms with Crippen LogP contribution in [0, 0.1) is 5.92 Å². The molecule has 0 aromatic rings. The Balaban J connectivity index is 2.10. The standard InChI is InChI=1S/C11H18O3/c1-8-5-4-6-11(7-8)10(2,14-11)9(12)13-3/h8H,4-7H2,1-3H3. The van der Waals surface area contributed by atoms with Gasteiger partial charge in [-0.05, 0) is 25.7 Å². The minimum Gasteiger partial charge on any atom is -0.467 e. The van der Waals surface area contributed by atoms with Crippen LogP contribution in [0.15, 0.2) is 0 Å². The van der Waals surface area contributed by atoms with Gasteiger partial charge in [0, 0.05) is 0 Å². The molecule has 0 aromatic carbocycles. The SMILES string of the molecule is COC(=O)C1(C)OC12CCCC(C)C2. The number of epoxide rings is 1. The molecule has 3 atom stereocenters. The van der Waals surface area contributed by atoms with Gasteiger partial charge in [-0.15, -0.1) is 0 Å². The van der Waals surface area contributed by atoms with Crippen molar-refractivity contribution in [2.45, 2.75) is 50.7 Å². The molecule has 2 rings (SSSR count). The van der Waals surface area contributed by atoms with Gasteiger partial charge in [0.1, 0.15) is 5.60 Å². The van der Waals surface area contributed by atoms with Crippen molar-refractivity contribution in [1.29, 1.82) is 0 Å². The van der Waals surface area contributed by atoms with Gasteiger partial charge in [-0.1, -0.05) is 19.8 Å². The van der Waals surface area contributed by atoms with Gasteiger partial charge in [-0.3, -0.25) is 0 Å². The van der Waals surface area contributed by atoms with Gasteiger partial charge in [0.25, 0.3) is 0 Å². The maximum Gasteiger partial charge on any atom is 0.340 e. The van der Waals surface area contributed by atoms with Crippen LogP contribution in [-0.4, -0.2) is 24.3 Å². The summed E-state index contributed by atoms with van der Waals surface area (Å²) in [6.07, 6.45) is 4.41.